The van der Waals surface area contributed by atoms with Crippen molar-refractivity contribution >= 4 is 23.2 Å². The Morgan fingerprint density at radius 3 is 2.96 bits per heavy atom. The van der Waals surface area contributed by atoms with E-state index < -0.39 is 0 Å². The average Bonchev–Trinajstić information content (AvgIpc) is 3.14. The van der Waals surface area contributed by atoms with E-state index in [2.05, 4.69) is 15.6 Å². The fourth-order valence-corrected chi connectivity index (χ4v) is 4.67. The summed E-state index contributed by atoms with van der Waals surface area (Å²) in [5, 5.41) is 5.26. The molecular formula is C18H27N3O2S. The molecule has 1 aliphatic heterocycles. The fourth-order valence-electron chi connectivity index (χ4n) is 3.52. The molecule has 132 valence electrons. The number of hydrogen-bond acceptors (Lipinski definition) is 4. The Bertz CT molecular complexity index is 611. The summed E-state index contributed by atoms with van der Waals surface area (Å²) < 4.78 is 0. The van der Waals surface area contributed by atoms with Crippen LogP contribution in [0.1, 0.15) is 35.3 Å². The first-order valence-corrected chi connectivity index (χ1v) is 9.71. The molecule has 0 aromatic carbocycles. The minimum atomic E-state index is -0.200. The number of amides is 2. The first kappa shape index (κ1) is 17.4. The van der Waals surface area contributed by atoms with E-state index in [4.69, 9.17) is 0 Å². The molecule has 1 aromatic heterocycles. The van der Waals surface area contributed by atoms with Gasteiger partial charge in [0.15, 0.2) is 0 Å². The third-order valence-electron chi connectivity index (χ3n) is 5.00. The van der Waals surface area contributed by atoms with Gasteiger partial charge >= 0.3 is 0 Å². The van der Waals surface area contributed by atoms with Crippen LogP contribution in [0.15, 0.2) is 5.38 Å². The van der Waals surface area contributed by atoms with Gasteiger partial charge in [0, 0.05) is 37.5 Å². The summed E-state index contributed by atoms with van der Waals surface area (Å²) >= 11 is 1.83. The second-order valence-electron chi connectivity index (χ2n) is 7.13. The van der Waals surface area contributed by atoms with Gasteiger partial charge in [-0.05, 0) is 56.3 Å². The van der Waals surface area contributed by atoms with Gasteiger partial charge in [-0.15, -0.1) is 11.3 Å². The Balaban J connectivity index is 1.51. The molecular weight excluding hydrogens is 322 g/mol. The van der Waals surface area contributed by atoms with E-state index in [1.54, 1.807) is 0 Å². The molecule has 6 heteroatoms. The molecule has 5 nitrogen and oxygen atoms in total. The summed E-state index contributed by atoms with van der Waals surface area (Å²) in [6, 6.07) is 0. The number of hydrogen-bond donors (Lipinski definition) is 1. The van der Waals surface area contributed by atoms with Crippen LogP contribution in [0.25, 0.3) is 0 Å². The van der Waals surface area contributed by atoms with Gasteiger partial charge in [0.1, 0.15) is 0 Å². The van der Waals surface area contributed by atoms with Crippen molar-refractivity contribution < 1.29 is 9.59 Å². The van der Waals surface area contributed by atoms with Gasteiger partial charge in [-0.2, -0.15) is 0 Å². The third kappa shape index (κ3) is 3.98. The third-order valence-corrected chi connectivity index (χ3v) is 6.14. The zero-order valence-corrected chi connectivity index (χ0v) is 15.5. The van der Waals surface area contributed by atoms with E-state index in [1.807, 2.05) is 30.3 Å². The molecule has 2 amide bonds. The standard InChI is InChI=1S/C18H27N3O2S/c1-20(2)7-8-21-11-13(9-17(21)22)18(23)19-10-14-12-24-16-6-4-3-5-15(14)16/h12-13H,3-11H2,1-2H3,(H,19,23)/t13-/m0/s1. The lowest BCUT2D eigenvalue weighted by Gasteiger charge is -2.19. The van der Waals surface area contributed by atoms with Crippen molar-refractivity contribution in [1.82, 2.24) is 15.1 Å². The first-order valence-electron chi connectivity index (χ1n) is 8.83. The second kappa shape index (κ2) is 7.66. The van der Waals surface area contributed by atoms with Gasteiger partial charge in [-0.25, -0.2) is 0 Å². The van der Waals surface area contributed by atoms with Crippen molar-refractivity contribution in [1.29, 1.82) is 0 Å². The van der Waals surface area contributed by atoms with Crippen LogP contribution in [0, 0.1) is 5.92 Å². The smallest absolute Gasteiger partial charge is 0.225 e. The molecule has 0 spiro atoms. The lowest BCUT2D eigenvalue weighted by molar-refractivity contribution is -0.129. The lowest BCUT2D eigenvalue weighted by atomic mass is 9.96. The number of carbonyl (C=O) groups is 2. The van der Waals surface area contributed by atoms with E-state index in [0.717, 1.165) is 13.0 Å². The number of likely N-dealkylation sites (N-methyl/N-ethyl adjacent to an activating group) is 1. The molecule has 3 rings (SSSR count). The van der Waals surface area contributed by atoms with Crippen LogP contribution in [-0.2, 0) is 29.0 Å². The molecule has 1 aliphatic carbocycles. The quantitative estimate of drug-likeness (QED) is 0.850. The minimum Gasteiger partial charge on any atom is -0.352 e. The van der Waals surface area contributed by atoms with E-state index in [9.17, 15) is 9.59 Å². The average molecular weight is 350 g/mol. The fraction of sp³-hybridized carbons (Fsp3) is 0.667. The number of nitrogens with one attached hydrogen (secondary N) is 1. The van der Waals surface area contributed by atoms with Crippen molar-refractivity contribution in [2.75, 3.05) is 33.7 Å². The number of nitrogens with zero attached hydrogens (tertiary/aromatic N) is 2. The van der Waals surface area contributed by atoms with E-state index in [0.29, 0.717) is 26.1 Å². The summed E-state index contributed by atoms with van der Waals surface area (Å²) in [6.45, 7) is 2.70. The highest BCUT2D eigenvalue weighted by Gasteiger charge is 2.34. The number of thiophene rings is 1. The number of rotatable bonds is 6. The predicted octanol–water partition coefficient (Wildman–Crippen LogP) is 1.65. The van der Waals surface area contributed by atoms with Crippen LogP contribution in [0.4, 0.5) is 0 Å². The summed E-state index contributed by atoms with van der Waals surface area (Å²) in [6.07, 6.45) is 5.21. The Morgan fingerprint density at radius 2 is 2.17 bits per heavy atom. The molecule has 0 bridgehead atoms. The molecule has 0 radical (unpaired) electrons. The van der Waals surface area contributed by atoms with E-state index in [-0.39, 0.29) is 17.7 Å². The Labute approximate surface area is 148 Å². The molecule has 1 aromatic rings. The van der Waals surface area contributed by atoms with Gasteiger partial charge in [0.2, 0.25) is 11.8 Å². The van der Waals surface area contributed by atoms with Crippen molar-refractivity contribution in [3.8, 4) is 0 Å². The van der Waals surface area contributed by atoms with Crippen LogP contribution in [0.2, 0.25) is 0 Å². The summed E-state index contributed by atoms with van der Waals surface area (Å²) in [5.74, 6) is -0.0782. The summed E-state index contributed by atoms with van der Waals surface area (Å²) in [4.78, 5) is 29.9. The van der Waals surface area contributed by atoms with Crippen molar-refractivity contribution in [3.63, 3.8) is 0 Å². The molecule has 24 heavy (non-hydrogen) atoms. The van der Waals surface area contributed by atoms with Crippen LogP contribution in [0.5, 0.6) is 0 Å². The number of fused-ring (bicyclic) bond motifs is 1. The second-order valence-corrected chi connectivity index (χ2v) is 8.10. The zero-order chi connectivity index (χ0) is 17.1. The minimum absolute atomic E-state index is 0.0199. The Kier molecular flexibility index (Phi) is 5.56. The first-order chi connectivity index (χ1) is 11.5. The Hall–Kier alpha value is -1.40. The number of likely N-dealkylation sites (tertiary alicyclic amines) is 1. The molecule has 2 heterocycles. The molecule has 1 saturated heterocycles. The van der Waals surface area contributed by atoms with Crippen LogP contribution >= 0.6 is 11.3 Å². The van der Waals surface area contributed by atoms with Crippen LogP contribution in [-0.4, -0.2) is 55.3 Å². The highest BCUT2D eigenvalue weighted by atomic mass is 32.1. The topological polar surface area (TPSA) is 52.6 Å². The molecule has 1 N–H and O–H groups in total. The summed E-state index contributed by atoms with van der Waals surface area (Å²) in [5.41, 5.74) is 2.73. The van der Waals surface area contributed by atoms with Crippen molar-refractivity contribution in [2.45, 2.75) is 38.6 Å². The predicted molar refractivity (Wildman–Crippen MR) is 96.0 cm³/mol. The van der Waals surface area contributed by atoms with Crippen LogP contribution in [0.3, 0.4) is 0 Å². The SMILES string of the molecule is CN(C)CCN1C[C@@H](C(=O)NCc2csc3c2CCCC3)CC1=O. The van der Waals surface area contributed by atoms with Gasteiger partial charge in [-0.1, -0.05) is 0 Å². The van der Waals surface area contributed by atoms with Gasteiger partial charge in [0.05, 0.1) is 5.92 Å². The molecule has 0 saturated carbocycles. The Morgan fingerprint density at radius 1 is 1.38 bits per heavy atom. The highest BCUT2D eigenvalue weighted by molar-refractivity contribution is 7.10. The monoisotopic (exact) mass is 349 g/mol. The zero-order valence-electron chi connectivity index (χ0n) is 14.6. The van der Waals surface area contributed by atoms with E-state index >= 15 is 0 Å². The highest BCUT2D eigenvalue weighted by Crippen LogP contribution is 2.30. The van der Waals surface area contributed by atoms with Crippen LogP contribution < -0.4 is 5.32 Å². The normalized spacial score (nSPS) is 20.5. The molecule has 0 unspecified atom stereocenters. The maximum atomic E-state index is 12.4. The van der Waals surface area contributed by atoms with Gasteiger partial charge in [-0.3, -0.25) is 9.59 Å². The van der Waals surface area contributed by atoms with Gasteiger partial charge in [0.25, 0.3) is 0 Å². The maximum Gasteiger partial charge on any atom is 0.225 e. The van der Waals surface area contributed by atoms with E-state index in [1.165, 1.54) is 35.3 Å². The lowest BCUT2D eigenvalue weighted by Crippen LogP contribution is -2.35. The van der Waals surface area contributed by atoms with Crippen molar-refractivity contribution in [3.05, 3.63) is 21.4 Å². The molecule has 1 atom stereocenters. The molecule has 1 fully saturated rings. The van der Waals surface area contributed by atoms with Crippen molar-refractivity contribution in [2.24, 2.45) is 5.92 Å². The maximum absolute atomic E-state index is 12.4. The largest absolute Gasteiger partial charge is 0.352 e. The van der Waals surface area contributed by atoms with Gasteiger partial charge < -0.3 is 15.1 Å². The molecule has 2 aliphatic rings. The number of carbonyl (C=O) groups excluding carboxylic acids is 2. The summed E-state index contributed by atoms with van der Waals surface area (Å²) in [7, 11) is 3.98. The number of aryl methyl sites for hydroxylation is 1.